The van der Waals surface area contributed by atoms with Crippen LogP contribution < -0.4 is 11.1 Å². The number of nitrogens with two attached hydrogens (primary N) is 1. The van der Waals surface area contributed by atoms with Crippen LogP contribution >= 0.6 is 11.3 Å². The first kappa shape index (κ1) is 15.1. The van der Waals surface area contributed by atoms with Crippen LogP contribution in [0.4, 0.5) is 0 Å². The van der Waals surface area contributed by atoms with Gasteiger partial charge in [0.1, 0.15) is 0 Å². The Balaban J connectivity index is 1.52. The van der Waals surface area contributed by atoms with Gasteiger partial charge in [-0.3, -0.25) is 9.78 Å². The van der Waals surface area contributed by atoms with Gasteiger partial charge >= 0.3 is 0 Å². The van der Waals surface area contributed by atoms with E-state index in [1.807, 2.05) is 23.6 Å². The number of pyridine rings is 1. The van der Waals surface area contributed by atoms with Gasteiger partial charge < -0.3 is 11.1 Å². The molecule has 1 aliphatic rings. The van der Waals surface area contributed by atoms with Gasteiger partial charge in [-0.2, -0.15) is 0 Å². The van der Waals surface area contributed by atoms with Crippen LogP contribution in [-0.2, 0) is 11.2 Å². The largest absolute Gasteiger partial charge is 0.354 e. The van der Waals surface area contributed by atoms with Crippen LogP contribution in [0.2, 0.25) is 0 Å². The third-order valence-electron chi connectivity index (χ3n) is 4.05. The smallest absolute Gasteiger partial charge is 0.240 e. The standard InChI is InChI=1S/C16H20N4OS/c17-16(7-2-3-8-16)15(21)19-10-6-14-20-13(11-22-14)12-5-1-4-9-18-12/h1,4-5,9,11H,2-3,6-8,10,17H2,(H,19,21). The topological polar surface area (TPSA) is 80.9 Å². The molecule has 2 aromatic heterocycles. The fraction of sp³-hybridized carbons (Fsp3) is 0.438. The summed E-state index contributed by atoms with van der Waals surface area (Å²) in [5, 5.41) is 5.95. The van der Waals surface area contributed by atoms with E-state index < -0.39 is 5.54 Å². The number of aromatic nitrogens is 2. The van der Waals surface area contributed by atoms with E-state index in [-0.39, 0.29) is 5.91 Å². The number of hydrogen-bond acceptors (Lipinski definition) is 5. The van der Waals surface area contributed by atoms with E-state index in [1.165, 1.54) is 0 Å². The maximum Gasteiger partial charge on any atom is 0.240 e. The van der Waals surface area contributed by atoms with Crippen LogP contribution in [0.15, 0.2) is 29.8 Å². The number of amides is 1. The van der Waals surface area contributed by atoms with Crippen molar-refractivity contribution in [1.29, 1.82) is 0 Å². The second-order valence-electron chi connectivity index (χ2n) is 5.71. The molecular formula is C16H20N4OS. The van der Waals surface area contributed by atoms with Crippen LogP contribution in [0.3, 0.4) is 0 Å². The molecule has 0 aliphatic heterocycles. The van der Waals surface area contributed by atoms with E-state index in [1.54, 1.807) is 17.5 Å². The number of nitrogens with zero attached hydrogens (tertiary/aromatic N) is 2. The lowest BCUT2D eigenvalue weighted by molar-refractivity contribution is -0.126. The van der Waals surface area contributed by atoms with E-state index in [9.17, 15) is 4.79 Å². The van der Waals surface area contributed by atoms with E-state index in [0.29, 0.717) is 6.54 Å². The van der Waals surface area contributed by atoms with Crippen LogP contribution in [-0.4, -0.2) is 28.0 Å². The first-order chi connectivity index (χ1) is 10.7. The molecule has 5 nitrogen and oxygen atoms in total. The van der Waals surface area contributed by atoms with Gasteiger partial charge in [-0.15, -0.1) is 11.3 Å². The molecule has 1 aliphatic carbocycles. The van der Waals surface area contributed by atoms with Gasteiger partial charge in [0.2, 0.25) is 5.91 Å². The van der Waals surface area contributed by atoms with Gasteiger partial charge in [0.15, 0.2) is 0 Å². The summed E-state index contributed by atoms with van der Waals surface area (Å²) in [5.74, 6) is -0.0218. The average Bonchev–Trinajstić information content (AvgIpc) is 3.18. The molecule has 116 valence electrons. The minimum atomic E-state index is -0.651. The molecule has 22 heavy (non-hydrogen) atoms. The zero-order chi connectivity index (χ0) is 15.4. The van der Waals surface area contributed by atoms with Gasteiger partial charge in [-0.05, 0) is 25.0 Å². The van der Waals surface area contributed by atoms with Crippen molar-refractivity contribution < 1.29 is 4.79 Å². The molecule has 0 bridgehead atoms. The minimum Gasteiger partial charge on any atom is -0.354 e. The second kappa shape index (κ2) is 6.54. The Morgan fingerprint density at radius 2 is 2.14 bits per heavy atom. The van der Waals surface area contributed by atoms with Gasteiger partial charge in [0.05, 0.1) is 21.9 Å². The van der Waals surface area contributed by atoms with Gasteiger partial charge in [0, 0.05) is 24.5 Å². The van der Waals surface area contributed by atoms with Crippen molar-refractivity contribution >= 4 is 17.2 Å². The van der Waals surface area contributed by atoms with Crippen molar-refractivity contribution in [2.45, 2.75) is 37.6 Å². The molecule has 3 rings (SSSR count). The lowest BCUT2D eigenvalue weighted by Gasteiger charge is -2.21. The highest BCUT2D eigenvalue weighted by atomic mass is 32.1. The molecule has 1 fully saturated rings. The number of hydrogen-bond donors (Lipinski definition) is 2. The van der Waals surface area contributed by atoms with Crippen LogP contribution in [0.1, 0.15) is 30.7 Å². The molecule has 3 N–H and O–H groups in total. The zero-order valence-electron chi connectivity index (χ0n) is 12.4. The molecule has 1 saturated carbocycles. The molecule has 0 atom stereocenters. The van der Waals surface area contributed by atoms with Gasteiger partial charge in [-0.1, -0.05) is 18.9 Å². The van der Waals surface area contributed by atoms with Crippen LogP contribution in [0.25, 0.3) is 11.4 Å². The number of carbonyl (C=O) groups is 1. The van der Waals surface area contributed by atoms with E-state index >= 15 is 0 Å². The Morgan fingerprint density at radius 3 is 2.86 bits per heavy atom. The third kappa shape index (κ3) is 3.34. The summed E-state index contributed by atoms with van der Waals surface area (Å²) in [6.07, 6.45) is 6.16. The molecule has 0 aromatic carbocycles. The van der Waals surface area contributed by atoms with Crippen LogP contribution in [0, 0.1) is 0 Å². The molecular weight excluding hydrogens is 296 g/mol. The highest BCUT2D eigenvalue weighted by Gasteiger charge is 2.36. The number of rotatable bonds is 5. The Bertz CT molecular complexity index is 635. The van der Waals surface area contributed by atoms with Crippen molar-refractivity contribution in [1.82, 2.24) is 15.3 Å². The second-order valence-corrected chi connectivity index (χ2v) is 6.65. The van der Waals surface area contributed by atoms with Crippen molar-refractivity contribution in [3.05, 3.63) is 34.8 Å². The minimum absolute atomic E-state index is 0.0218. The fourth-order valence-electron chi connectivity index (χ4n) is 2.75. The SMILES string of the molecule is NC1(C(=O)NCCc2nc(-c3ccccn3)cs2)CCCC1. The predicted molar refractivity (Wildman–Crippen MR) is 87.4 cm³/mol. The molecule has 0 saturated heterocycles. The summed E-state index contributed by atoms with van der Waals surface area (Å²) in [5.41, 5.74) is 7.24. The van der Waals surface area contributed by atoms with Crippen molar-refractivity contribution in [2.24, 2.45) is 5.73 Å². The molecule has 0 unspecified atom stereocenters. The zero-order valence-corrected chi connectivity index (χ0v) is 13.2. The fourth-order valence-corrected chi connectivity index (χ4v) is 3.54. The summed E-state index contributed by atoms with van der Waals surface area (Å²) >= 11 is 1.59. The van der Waals surface area contributed by atoms with Gasteiger partial charge in [-0.25, -0.2) is 4.98 Å². The molecule has 1 amide bonds. The Kier molecular flexibility index (Phi) is 4.49. The maximum atomic E-state index is 12.1. The molecule has 2 heterocycles. The molecule has 0 radical (unpaired) electrons. The molecule has 6 heteroatoms. The Labute approximate surface area is 134 Å². The van der Waals surface area contributed by atoms with Crippen molar-refractivity contribution in [3.8, 4) is 11.4 Å². The van der Waals surface area contributed by atoms with E-state index in [4.69, 9.17) is 5.73 Å². The maximum absolute atomic E-state index is 12.1. The average molecular weight is 316 g/mol. The summed E-state index contributed by atoms with van der Waals surface area (Å²) in [4.78, 5) is 21.0. The summed E-state index contributed by atoms with van der Waals surface area (Å²) < 4.78 is 0. The Morgan fingerprint density at radius 1 is 1.32 bits per heavy atom. The monoisotopic (exact) mass is 316 g/mol. The number of thiazole rings is 1. The lowest BCUT2D eigenvalue weighted by Crippen LogP contribution is -2.52. The van der Waals surface area contributed by atoms with Crippen molar-refractivity contribution in [3.63, 3.8) is 0 Å². The predicted octanol–water partition coefficient (Wildman–Crippen LogP) is 2.14. The van der Waals surface area contributed by atoms with Crippen molar-refractivity contribution in [2.75, 3.05) is 6.54 Å². The van der Waals surface area contributed by atoms with E-state index in [2.05, 4.69) is 15.3 Å². The number of carbonyl (C=O) groups excluding carboxylic acids is 1. The normalized spacial score (nSPS) is 16.6. The molecule has 0 spiro atoms. The third-order valence-corrected chi connectivity index (χ3v) is 4.96. The summed E-state index contributed by atoms with van der Waals surface area (Å²) in [6, 6.07) is 5.78. The van der Waals surface area contributed by atoms with E-state index in [0.717, 1.165) is 48.5 Å². The quantitative estimate of drug-likeness (QED) is 0.885. The highest BCUT2D eigenvalue weighted by Crippen LogP contribution is 2.27. The molecule has 2 aromatic rings. The van der Waals surface area contributed by atoms with Gasteiger partial charge in [0.25, 0.3) is 0 Å². The first-order valence-electron chi connectivity index (χ1n) is 7.60. The summed E-state index contributed by atoms with van der Waals surface area (Å²) in [7, 11) is 0. The number of nitrogens with one attached hydrogen (secondary N) is 1. The Hall–Kier alpha value is -1.79. The van der Waals surface area contributed by atoms with Crippen LogP contribution in [0.5, 0.6) is 0 Å². The first-order valence-corrected chi connectivity index (χ1v) is 8.48. The lowest BCUT2D eigenvalue weighted by atomic mass is 9.98. The summed E-state index contributed by atoms with van der Waals surface area (Å²) in [6.45, 7) is 0.576. The highest BCUT2D eigenvalue weighted by molar-refractivity contribution is 7.09.